The second-order valence-electron chi connectivity index (χ2n) is 7.71. The van der Waals surface area contributed by atoms with Crippen LogP contribution in [0.5, 0.6) is 0 Å². The summed E-state index contributed by atoms with van der Waals surface area (Å²) in [6.45, 7) is 4.10. The molecule has 2 aromatic carbocycles. The smallest absolute Gasteiger partial charge is 0.416 e. The first-order chi connectivity index (χ1) is 14.3. The van der Waals surface area contributed by atoms with Crippen LogP contribution in [-0.4, -0.2) is 35.6 Å². The fraction of sp³-hybridized carbons (Fsp3) is 0.348. The molecular formula is C23H23F3N2O2. The molecule has 158 valence electrons. The number of hydrogen-bond acceptors (Lipinski definition) is 3. The van der Waals surface area contributed by atoms with Gasteiger partial charge in [0.1, 0.15) is 0 Å². The highest BCUT2D eigenvalue weighted by atomic mass is 19.4. The second kappa shape index (κ2) is 7.80. The molecule has 7 heteroatoms. The summed E-state index contributed by atoms with van der Waals surface area (Å²) in [6, 6.07) is 9.89. The number of benzene rings is 2. The third kappa shape index (κ3) is 3.94. The van der Waals surface area contributed by atoms with Gasteiger partial charge in [-0.25, -0.2) is 4.79 Å². The number of esters is 1. The van der Waals surface area contributed by atoms with Gasteiger partial charge in [0.2, 0.25) is 0 Å². The maximum atomic E-state index is 13.3. The Bertz CT molecular complexity index is 1100. The van der Waals surface area contributed by atoms with Gasteiger partial charge in [0, 0.05) is 31.2 Å². The first-order valence-corrected chi connectivity index (χ1v) is 9.92. The SMILES string of the molecule is CCOC(=O)c1cc(C(F)(F)F)cc2ccn(Cc3ccc4c(c3)CCN(C)C4)c12. The highest BCUT2D eigenvalue weighted by molar-refractivity contribution is 6.03. The van der Waals surface area contributed by atoms with Crippen LogP contribution in [0.1, 0.15) is 39.5 Å². The van der Waals surface area contributed by atoms with Gasteiger partial charge < -0.3 is 14.2 Å². The van der Waals surface area contributed by atoms with E-state index in [1.165, 1.54) is 11.1 Å². The zero-order valence-electron chi connectivity index (χ0n) is 16.9. The van der Waals surface area contributed by atoms with Crippen molar-refractivity contribution in [3.05, 3.63) is 70.4 Å². The maximum absolute atomic E-state index is 13.3. The van der Waals surface area contributed by atoms with Crippen molar-refractivity contribution in [2.75, 3.05) is 20.2 Å². The monoisotopic (exact) mass is 416 g/mol. The first-order valence-electron chi connectivity index (χ1n) is 9.92. The summed E-state index contributed by atoms with van der Waals surface area (Å²) >= 11 is 0. The Balaban J connectivity index is 1.76. The topological polar surface area (TPSA) is 34.5 Å². The third-order valence-electron chi connectivity index (χ3n) is 5.51. The summed E-state index contributed by atoms with van der Waals surface area (Å²) in [4.78, 5) is 14.7. The summed E-state index contributed by atoms with van der Waals surface area (Å²) in [6.07, 6.45) is -1.85. The minimum atomic E-state index is -4.54. The standard InChI is InChI=1S/C23H23F3N2O2/c1-3-30-22(29)20-12-19(23(24,25)26)11-17-7-9-28(21(17)20)13-15-4-5-18-14-27(2)8-6-16(18)10-15/h4-5,7,9-12H,3,6,8,13-14H2,1-2H3. The van der Waals surface area contributed by atoms with E-state index in [9.17, 15) is 18.0 Å². The number of carbonyl (C=O) groups is 1. The number of carbonyl (C=O) groups excluding carboxylic acids is 1. The molecule has 0 atom stereocenters. The molecule has 0 unspecified atom stereocenters. The lowest BCUT2D eigenvalue weighted by Gasteiger charge is -2.25. The van der Waals surface area contributed by atoms with Crippen molar-refractivity contribution in [2.24, 2.45) is 0 Å². The molecule has 0 fully saturated rings. The highest BCUT2D eigenvalue weighted by Crippen LogP contribution is 2.34. The van der Waals surface area contributed by atoms with E-state index in [0.717, 1.165) is 37.2 Å². The van der Waals surface area contributed by atoms with E-state index in [1.54, 1.807) is 19.2 Å². The molecule has 1 aliphatic heterocycles. The minimum absolute atomic E-state index is 0.0636. The normalized spacial score (nSPS) is 14.7. The van der Waals surface area contributed by atoms with Gasteiger partial charge in [0.05, 0.1) is 23.3 Å². The van der Waals surface area contributed by atoms with E-state index in [-0.39, 0.29) is 12.2 Å². The zero-order valence-corrected chi connectivity index (χ0v) is 16.9. The van der Waals surface area contributed by atoms with Gasteiger partial charge in [-0.05, 0) is 55.3 Å². The Kier molecular flexibility index (Phi) is 5.32. The number of aromatic nitrogens is 1. The summed E-state index contributed by atoms with van der Waals surface area (Å²) in [7, 11) is 2.09. The highest BCUT2D eigenvalue weighted by Gasteiger charge is 2.33. The first kappa shape index (κ1) is 20.5. The van der Waals surface area contributed by atoms with Crippen molar-refractivity contribution >= 4 is 16.9 Å². The Hall–Kier alpha value is -2.80. The molecule has 0 saturated heterocycles. The summed E-state index contributed by atoms with van der Waals surface area (Å²) in [5.41, 5.74) is 3.18. The number of nitrogens with zero attached hydrogens (tertiary/aromatic N) is 2. The van der Waals surface area contributed by atoms with E-state index in [2.05, 4.69) is 24.1 Å². The predicted molar refractivity (Wildman–Crippen MR) is 108 cm³/mol. The quantitative estimate of drug-likeness (QED) is 0.569. The van der Waals surface area contributed by atoms with Gasteiger partial charge in [0.15, 0.2) is 0 Å². The number of hydrogen-bond donors (Lipinski definition) is 0. The van der Waals surface area contributed by atoms with E-state index in [4.69, 9.17) is 4.74 Å². The number of ether oxygens (including phenoxy) is 1. The van der Waals surface area contributed by atoms with Gasteiger partial charge in [-0.15, -0.1) is 0 Å². The number of fused-ring (bicyclic) bond motifs is 2. The Labute approximate surface area is 172 Å². The van der Waals surface area contributed by atoms with Crippen LogP contribution in [0.2, 0.25) is 0 Å². The number of halogens is 3. The predicted octanol–water partition coefficient (Wildman–Crippen LogP) is 4.87. The van der Waals surface area contributed by atoms with Crippen molar-refractivity contribution in [1.29, 1.82) is 0 Å². The van der Waals surface area contributed by atoms with Crippen molar-refractivity contribution in [1.82, 2.24) is 9.47 Å². The van der Waals surface area contributed by atoms with Crippen molar-refractivity contribution in [2.45, 2.75) is 32.6 Å². The molecular weight excluding hydrogens is 393 g/mol. The molecule has 1 aromatic heterocycles. The molecule has 0 saturated carbocycles. The Morgan fingerprint density at radius 2 is 1.93 bits per heavy atom. The molecule has 3 aromatic rings. The molecule has 4 rings (SSSR count). The molecule has 0 amide bonds. The Morgan fingerprint density at radius 3 is 2.67 bits per heavy atom. The van der Waals surface area contributed by atoms with E-state index in [0.29, 0.717) is 17.4 Å². The lowest BCUT2D eigenvalue weighted by atomic mass is 9.97. The average Bonchev–Trinajstić information content (AvgIpc) is 3.10. The van der Waals surface area contributed by atoms with Gasteiger partial charge in [-0.2, -0.15) is 13.2 Å². The molecule has 0 aliphatic carbocycles. The molecule has 0 N–H and O–H groups in total. The van der Waals surface area contributed by atoms with Crippen LogP contribution in [-0.2, 0) is 30.4 Å². The van der Waals surface area contributed by atoms with E-state index >= 15 is 0 Å². The van der Waals surface area contributed by atoms with Crippen molar-refractivity contribution in [3.8, 4) is 0 Å². The van der Waals surface area contributed by atoms with Crippen LogP contribution in [0.15, 0.2) is 42.6 Å². The van der Waals surface area contributed by atoms with Gasteiger partial charge in [0.25, 0.3) is 0 Å². The molecule has 0 bridgehead atoms. The second-order valence-corrected chi connectivity index (χ2v) is 7.71. The molecule has 1 aliphatic rings. The largest absolute Gasteiger partial charge is 0.462 e. The fourth-order valence-electron chi connectivity index (χ4n) is 4.05. The number of alkyl halides is 3. The van der Waals surface area contributed by atoms with Crippen LogP contribution >= 0.6 is 0 Å². The summed E-state index contributed by atoms with van der Waals surface area (Å²) < 4.78 is 46.8. The molecule has 30 heavy (non-hydrogen) atoms. The average molecular weight is 416 g/mol. The number of likely N-dealkylation sites (N-methyl/N-ethyl adjacent to an activating group) is 1. The molecule has 4 nitrogen and oxygen atoms in total. The number of rotatable bonds is 4. The van der Waals surface area contributed by atoms with Crippen LogP contribution in [0.3, 0.4) is 0 Å². The van der Waals surface area contributed by atoms with Gasteiger partial charge in [-0.3, -0.25) is 0 Å². The van der Waals surface area contributed by atoms with Crippen LogP contribution in [0.25, 0.3) is 10.9 Å². The van der Waals surface area contributed by atoms with Crippen LogP contribution in [0.4, 0.5) is 13.2 Å². The Morgan fingerprint density at radius 1 is 1.13 bits per heavy atom. The summed E-state index contributed by atoms with van der Waals surface area (Å²) in [5, 5.41) is 0.368. The van der Waals surface area contributed by atoms with E-state index in [1.807, 2.05) is 10.6 Å². The fourth-order valence-corrected chi connectivity index (χ4v) is 4.05. The molecule has 0 radical (unpaired) electrons. The van der Waals surface area contributed by atoms with Crippen molar-refractivity contribution < 1.29 is 22.7 Å². The van der Waals surface area contributed by atoms with Crippen LogP contribution < -0.4 is 0 Å². The summed E-state index contributed by atoms with van der Waals surface area (Å²) in [5.74, 6) is -0.748. The van der Waals surface area contributed by atoms with Gasteiger partial charge >= 0.3 is 12.1 Å². The van der Waals surface area contributed by atoms with E-state index < -0.39 is 17.7 Å². The molecule has 2 heterocycles. The zero-order chi connectivity index (χ0) is 21.5. The molecule has 0 spiro atoms. The van der Waals surface area contributed by atoms with Crippen molar-refractivity contribution in [3.63, 3.8) is 0 Å². The third-order valence-corrected chi connectivity index (χ3v) is 5.51. The maximum Gasteiger partial charge on any atom is 0.416 e. The van der Waals surface area contributed by atoms with Gasteiger partial charge in [-0.1, -0.05) is 18.2 Å². The van der Waals surface area contributed by atoms with Crippen LogP contribution in [0, 0.1) is 0 Å². The lowest BCUT2D eigenvalue weighted by Crippen LogP contribution is -2.26. The lowest BCUT2D eigenvalue weighted by molar-refractivity contribution is -0.137. The minimum Gasteiger partial charge on any atom is -0.462 e.